The highest BCUT2D eigenvalue weighted by Crippen LogP contribution is 2.35. The number of nitrogens with zero attached hydrogens (tertiary/aromatic N) is 1. The number of thiazole rings is 1. The number of hydrogen-bond acceptors (Lipinski definition) is 3. The number of hydrogen-bond donors (Lipinski definition) is 0. The molecule has 150 valence electrons. The SMILES string of the molecule is O=C(c1ccccc1)c1cc(Cc2nc(-c3ccc(Br)cc3)cs2)c2cccccc1-2. The molecular weight excluding hydrogens is 466 g/mol. The van der Waals surface area contributed by atoms with Crippen molar-refractivity contribution in [1.82, 2.24) is 4.98 Å². The number of carbonyl (C=O) groups excluding carboxylic acids is 1. The van der Waals surface area contributed by atoms with Crippen molar-refractivity contribution < 1.29 is 4.79 Å². The Morgan fingerprint density at radius 2 is 1.52 bits per heavy atom. The molecule has 4 heteroatoms. The van der Waals surface area contributed by atoms with Crippen LogP contribution < -0.4 is 0 Å². The summed E-state index contributed by atoms with van der Waals surface area (Å²) < 4.78 is 1.05. The lowest BCUT2D eigenvalue weighted by Gasteiger charge is -2.02. The molecule has 0 saturated heterocycles. The van der Waals surface area contributed by atoms with Gasteiger partial charge in [0, 0.05) is 33.0 Å². The minimum absolute atomic E-state index is 0.0535. The van der Waals surface area contributed by atoms with Crippen molar-refractivity contribution in [1.29, 1.82) is 0 Å². The average molecular weight is 484 g/mol. The molecule has 0 fully saturated rings. The lowest BCUT2D eigenvalue weighted by molar-refractivity contribution is 0.103. The van der Waals surface area contributed by atoms with Crippen LogP contribution in [0.2, 0.25) is 0 Å². The fourth-order valence-corrected chi connectivity index (χ4v) is 4.87. The molecule has 31 heavy (non-hydrogen) atoms. The van der Waals surface area contributed by atoms with Crippen molar-refractivity contribution in [2.75, 3.05) is 0 Å². The zero-order chi connectivity index (χ0) is 21.2. The van der Waals surface area contributed by atoms with E-state index in [-0.39, 0.29) is 5.78 Å². The number of ketones is 1. The minimum atomic E-state index is 0.0535. The zero-order valence-corrected chi connectivity index (χ0v) is 19.0. The Kier molecular flexibility index (Phi) is 5.49. The first-order valence-corrected chi connectivity index (χ1v) is 11.7. The molecule has 3 aromatic rings. The van der Waals surface area contributed by atoms with Crippen LogP contribution in [0.15, 0.2) is 101 Å². The molecule has 0 saturated carbocycles. The summed E-state index contributed by atoms with van der Waals surface area (Å²) >= 11 is 5.14. The molecule has 1 aromatic heterocycles. The maximum atomic E-state index is 13.2. The number of halogens is 1. The summed E-state index contributed by atoms with van der Waals surface area (Å²) in [5, 5.41) is 3.13. The molecule has 2 aliphatic carbocycles. The Balaban J connectivity index is 1.51. The average Bonchev–Trinajstić information content (AvgIpc) is 3.31. The summed E-state index contributed by atoms with van der Waals surface area (Å²) in [7, 11) is 0. The molecule has 2 aliphatic rings. The molecule has 1 heterocycles. The lowest BCUT2D eigenvalue weighted by Crippen LogP contribution is -2.00. The number of aromatic nitrogens is 1. The summed E-state index contributed by atoms with van der Waals surface area (Å²) in [6.07, 6.45) is 0.698. The van der Waals surface area contributed by atoms with Crippen LogP contribution in [-0.2, 0) is 6.42 Å². The molecule has 0 radical (unpaired) electrons. The third-order valence-corrected chi connectivity index (χ3v) is 6.68. The van der Waals surface area contributed by atoms with Crippen molar-refractivity contribution in [3.63, 3.8) is 0 Å². The smallest absolute Gasteiger partial charge is 0.193 e. The summed E-state index contributed by atoms with van der Waals surface area (Å²) in [6.45, 7) is 0. The number of benzene rings is 2. The predicted molar refractivity (Wildman–Crippen MR) is 131 cm³/mol. The van der Waals surface area contributed by atoms with Crippen LogP contribution in [0.25, 0.3) is 22.4 Å². The normalized spacial score (nSPS) is 11.0. The van der Waals surface area contributed by atoms with Crippen molar-refractivity contribution in [2.45, 2.75) is 6.42 Å². The Bertz CT molecular complexity index is 1330. The third-order valence-electron chi connectivity index (χ3n) is 5.31. The van der Waals surface area contributed by atoms with Gasteiger partial charge in [0.1, 0.15) is 0 Å². The first kappa shape index (κ1) is 19.9. The van der Waals surface area contributed by atoms with E-state index in [0.29, 0.717) is 12.0 Å². The van der Waals surface area contributed by atoms with Crippen molar-refractivity contribution in [3.8, 4) is 22.4 Å². The monoisotopic (exact) mass is 483 g/mol. The van der Waals surface area contributed by atoms with Crippen molar-refractivity contribution >= 4 is 33.0 Å². The van der Waals surface area contributed by atoms with Gasteiger partial charge in [-0.2, -0.15) is 0 Å². The molecule has 0 aliphatic heterocycles. The summed E-state index contributed by atoms with van der Waals surface area (Å²) in [5.41, 5.74) is 6.75. The molecule has 2 aromatic carbocycles. The molecule has 0 N–H and O–H groups in total. The highest BCUT2D eigenvalue weighted by atomic mass is 79.9. The Hall–Kier alpha value is -3.08. The first-order chi connectivity index (χ1) is 15.2. The fourth-order valence-electron chi connectivity index (χ4n) is 3.78. The van der Waals surface area contributed by atoms with E-state index in [9.17, 15) is 4.79 Å². The van der Waals surface area contributed by atoms with Gasteiger partial charge in [0.05, 0.1) is 10.7 Å². The fraction of sp³-hybridized carbons (Fsp3) is 0.0370. The second kappa shape index (κ2) is 8.58. The van der Waals surface area contributed by atoms with Gasteiger partial charge in [-0.15, -0.1) is 11.3 Å². The van der Waals surface area contributed by atoms with E-state index in [1.165, 1.54) is 0 Å². The number of carbonyl (C=O) groups is 1. The maximum absolute atomic E-state index is 13.2. The summed E-state index contributed by atoms with van der Waals surface area (Å²) in [5.74, 6) is 0.0535. The van der Waals surface area contributed by atoms with E-state index in [4.69, 9.17) is 4.98 Å². The van der Waals surface area contributed by atoms with Crippen molar-refractivity contribution in [2.24, 2.45) is 0 Å². The predicted octanol–water partition coefficient (Wildman–Crippen LogP) is 7.50. The second-order valence-electron chi connectivity index (χ2n) is 7.33. The highest BCUT2D eigenvalue weighted by molar-refractivity contribution is 9.10. The Morgan fingerprint density at radius 1 is 0.839 bits per heavy atom. The van der Waals surface area contributed by atoms with Crippen LogP contribution in [0.1, 0.15) is 26.5 Å². The summed E-state index contributed by atoms with van der Waals surface area (Å²) in [4.78, 5) is 18.1. The van der Waals surface area contributed by atoms with Crippen LogP contribution >= 0.6 is 27.3 Å². The quantitative estimate of drug-likeness (QED) is 0.242. The molecule has 2 nitrogen and oxygen atoms in total. The van der Waals surface area contributed by atoms with E-state index < -0.39 is 0 Å². The van der Waals surface area contributed by atoms with Crippen LogP contribution in [0.4, 0.5) is 0 Å². The van der Waals surface area contributed by atoms with Gasteiger partial charge in [-0.25, -0.2) is 4.98 Å². The standard InChI is InChI=1S/C27H18BrNOS/c28-21-13-11-18(12-14-21)25-17-31-26(29-25)16-20-15-24(23-10-6-2-5-9-22(20)23)27(30)19-7-3-1-4-8-19/h1-15,17H,16H2. The lowest BCUT2D eigenvalue weighted by atomic mass is 10.0. The van der Waals surface area contributed by atoms with E-state index >= 15 is 0 Å². The van der Waals surface area contributed by atoms with Gasteiger partial charge in [-0.05, 0) is 34.9 Å². The van der Waals surface area contributed by atoms with E-state index in [1.807, 2.05) is 72.8 Å². The zero-order valence-electron chi connectivity index (χ0n) is 16.6. The van der Waals surface area contributed by atoms with Crippen LogP contribution in [-0.4, -0.2) is 10.8 Å². The van der Waals surface area contributed by atoms with Gasteiger partial charge in [-0.1, -0.05) is 88.7 Å². The van der Waals surface area contributed by atoms with Crippen LogP contribution in [0, 0.1) is 0 Å². The second-order valence-corrected chi connectivity index (χ2v) is 9.18. The molecule has 0 bridgehead atoms. The van der Waals surface area contributed by atoms with Crippen LogP contribution in [0.5, 0.6) is 0 Å². The Labute approximate surface area is 193 Å². The third kappa shape index (κ3) is 4.09. The van der Waals surface area contributed by atoms with Gasteiger partial charge < -0.3 is 0 Å². The number of fused-ring (bicyclic) bond motifs is 1. The number of rotatable bonds is 5. The van der Waals surface area contributed by atoms with Crippen LogP contribution in [0.3, 0.4) is 0 Å². The van der Waals surface area contributed by atoms with Gasteiger partial charge in [0.2, 0.25) is 0 Å². The van der Waals surface area contributed by atoms with Gasteiger partial charge in [0.15, 0.2) is 5.78 Å². The molecular formula is C27H18BrNOS. The maximum Gasteiger partial charge on any atom is 0.193 e. The van der Waals surface area contributed by atoms with Gasteiger partial charge >= 0.3 is 0 Å². The van der Waals surface area contributed by atoms with E-state index in [2.05, 4.69) is 39.5 Å². The Morgan fingerprint density at radius 3 is 2.26 bits per heavy atom. The highest BCUT2D eigenvalue weighted by Gasteiger charge is 2.21. The van der Waals surface area contributed by atoms with Gasteiger partial charge in [0.25, 0.3) is 0 Å². The molecule has 0 spiro atoms. The van der Waals surface area contributed by atoms with E-state index in [1.54, 1.807) is 11.3 Å². The van der Waals surface area contributed by atoms with E-state index in [0.717, 1.165) is 43.0 Å². The molecule has 0 unspecified atom stereocenters. The first-order valence-electron chi connectivity index (χ1n) is 10.00. The minimum Gasteiger partial charge on any atom is -0.289 e. The van der Waals surface area contributed by atoms with Gasteiger partial charge in [-0.3, -0.25) is 4.79 Å². The van der Waals surface area contributed by atoms with Crippen molar-refractivity contribution in [3.05, 3.63) is 123 Å². The molecule has 0 amide bonds. The molecule has 0 atom stereocenters. The topological polar surface area (TPSA) is 30.0 Å². The molecule has 5 rings (SSSR count). The largest absolute Gasteiger partial charge is 0.289 e. The summed E-state index contributed by atoms with van der Waals surface area (Å²) in [6, 6.07) is 29.8.